The number of nitrogens with zero attached hydrogens (tertiary/aromatic N) is 2. The predicted molar refractivity (Wildman–Crippen MR) is 119 cm³/mol. The monoisotopic (exact) mass is 414 g/mol. The Morgan fingerprint density at radius 2 is 1.96 bits per heavy atom. The Labute approximate surface area is 174 Å². The van der Waals surface area contributed by atoms with E-state index in [1.54, 1.807) is 11.9 Å². The fourth-order valence-electron chi connectivity index (χ4n) is 4.45. The lowest BCUT2D eigenvalue weighted by molar-refractivity contribution is -0.136. The number of hydrogen-bond acceptors (Lipinski definition) is 3. The number of aryl methyl sites for hydroxylation is 1. The lowest BCUT2D eigenvalue weighted by Crippen LogP contribution is -2.35. The van der Waals surface area contributed by atoms with Crippen LogP contribution in [0, 0.1) is 13.8 Å². The molecule has 4 nitrogen and oxygen atoms in total. The summed E-state index contributed by atoms with van der Waals surface area (Å²) < 4.78 is 4.70. The van der Waals surface area contributed by atoms with Crippen LogP contribution < -0.4 is 4.31 Å². The Hall–Kier alpha value is -2.11. The molecule has 0 saturated heterocycles. The highest BCUT2D eigenvalue weighted by molar-refractivity contribution is 8.00. The highest BCUT2D eigenvalue weighted by atomic mass is 35.5. The molecule has 0 bridgehead atoms. The summed E-state index contributed by atoms with van der Waals surface area (Å²) in [5.41, 5.74) is 7.47. The van der Waals surface area contributed by atoms with Crippen molar-refractivity contribution < 1.29 is 9.90 Å². The molecule has 2 aromatic carbocycles. The van der Waals surface area contributed by atoms with E-state index < -0.39 is 5.97 Å². The van der Waals surface area contributed by atoms with Crippen LogP contribution in [0.4, 0.5) is 5.69 Å². The Balaban J connectivity index is 2.15. The van der Waals surface area contributed by atoms with Crippen molar-refractivity contribution in [2.24, 2.45) is 0 Å². The summed E-state index contributed by atoms with van der Waals surface area (Å²) in [5, 5.41) is 11.4. The molecule has 1 aromatic heterocycles. The van der Waals surface area contributed by atoms with E-state index in [0.717, 1.165) is 39.9 Å². The molecule has 0 unspecified atom stereocenters. The van der Waals surface area contributed by atoms with Crippen molar-refractivity contribution >= 4 is 46.1 Å². The average molecular weight is 415 g/mol. The first-order valence-corrected chi connectivity index (χ1v) is 10.9. The van der Waals surface area contributed by atoms with E-state index in [-0.39, 0.29) is 6.42 Å². The van der Waals surface area contributed by atoms with Gasteiger partial charge in [-0.1, -0.05) is 35.7 Å². The SMILES string of the molecule is CSN1c2c(C)c(CC(=O)O)c(-c3ccc(Cl)cc3)c3cc(C)n(c23)C[C@H]1C. The van der Waals surface area contributed by atoms with Crippen molar-refractivity contribution in [3.05, 3.63) is 52.2 Å². The number of benzene rings is 2. The minimum Gasteiger partial charge on any atom is -0.481 e. The number of rotatable bonds is 4. The summed E-state index contributed by atoms with van der Waals surface area (Å²) in [6.45, 7) is 7.32. The van der Waals surface area contributed by atoms with E-state index in [4.69, 9.17) is 11.6 Å². The maximum absolute atomic E-state index is 11.8. The van der Waals surface area contributed by atoms with E-state index in [2.05, 4.69) is 42.0 Å². The third kappa shape index (κ3) is 2.88. The standard InChI is InChI=1S/C22H23ClN2O2S/c1-12-9-18-20(15-5-7-16(23)8-6-15)17(10-19(26)27)14(3)21-22(18)24(12)11-13(2)25(21)28-4/h5-9,13H,10-11H2,1-4H3,(H,26,27)/t13-/m1/s1. The number of carboxylic acid groups (broad SMARTS) is 1. The second-order valence-corrected chi connectivity index (χ2v) is 8.62. The molecule has 1 N–H and O–H groups in total. The van der Waals surface area contributed by atoms with E-state index >= 15 is 0 Å². The van der Waals surface area contributed by atoms with Crippen molar-refractivity contribution in [3.8, 4) is 11.1 Å². The molecule has 1 aliphatic rings. The Morgan fingerprint density at radius 1 is 1.29 bits per heavy atom. The Kier molecular flexibility index (Phi) is 4.84. The van der Waals surface area contributed by atoms with Gasteiger partial charge in [0.15, 0.2) is 0 Å². The van der Waals surface area contributed by atoms with Crippen LogP contribution in [-0.2, 0) is 17.8 Å². The zero-order valence-electron chi connectivity index (χ0n) is 16.4. The molecule has 3 aromatic rings. The molecule has 1 atom stereocenters. The van der Waals surface area contributed by atoms with Gasteiger partial charge in [-0.2, -0.15) is 0 Å². The molecule has 146 valence electrons. The fourth-order valence-corrected chi connectivity index (χ4v) is 5.41. The van der Waals surface area contributed by atoms with Crippen LogP contribution in [0.25, 0.3) is 22.0 Å². The number of aliphatic carboxylic acids is 1. The number of carboxylic acids is 1. The van der Waals surface area contributed by atoms with E-state index in [0.29, 0.717) is 11.1 Å². The molecule has 0 amide bonds. The van der Waals surface area contributed by atoms with Crippen LogP contribution in [0.15, 0.2) is 30.3 Å². The minimum absolute atomic E-state index is 0.00639. The summed E-state index contributed by atoms with van der Waals surface area (Å²) in [7, 11) is 0. The summed E-state index contributed by atoms with van der Waals surface area (Å²) in [6.07, 6.45) is 2.07. The molecule has 0 radical (unpaired) electrons. The molecule has 0 fully saturated rings. The van der Waals surface area contributed by atoms with Gasteiger partial charge in [-0.3, -0.25) is 4.79 Å². The maximum Gasteiger partial charge on any atom is 0.307 e. The van der Waals surface area contributed by atoms with Crippen LogP contribution in [0.5, 0.6) is 0 Å². The summed E-state index contributed by atoms with van der Waals surface area (Å²) >= 11 is 7.81. The van der Waals surface area contributed by atoms with Crippen LogP contribution >= 0.6 is 23.5 Å². The molecule has 0 saturated carbocycles. The van der Waals surface area contributed by atoms with Crippen molar-refractivity contribution in [2.45, 2.75) is 39.8 Å². The fraction of sp³-hybridized carbons (Fsp3) is 0.318. The third-order valence-corrected chi connectivity index (χ3v) is 6.82. The summed E-state index contributed by atoms with van der Waals surface area (Å²) in [4.78, 5) is 11.8. The quantitative estimate of drug-likeness (QED) is 0.557. The van der Waals surface area contributed by atoms with Gasteiger partial charge in [-0.25, -0.2) is 0 Å². The Morgan fingerprint density at radius 3 is 2.57 bits per heavy atom. The van der Waals surface area contributed by atoms with Crippen LogP contribution in [0.3, 0.4) is 0 Å². The molecule has 0 spiro atoms. The third-order valence-electron chi connectivity index (χ3n) is 5.63. The van der Waals surface area contributed by atoms with Crippen molar-refractivity contribution in [1.82, 2.24) is 4.57 Å². The number of anilines is 1. The maximum atomic E-state index is 11.8. The van der Waals surface area contributed by atoms with Crippen LogP contribution in [0.1, 0.15) is 23.7 Å². The number of carbonyl (C=O) groups is 1. The second-order valence-electron chi connectivity index (χ2n) is 7.42. The minimum atomic E-state index is -0.819. The summed E-state index contributed by atoms with van der Waals surface area (Å²) in [5.74, 6) is -0.819. The van der Waals surface area contributed by atoms with Gasteiger partial charge in [0.2, 0.25) is 0 Å². The van der Waals surface area contributed by atoms with Gasteiger partial charge in [0.25, 0.3) is 0 Å². The highest BCUT2D eigenvalue weighted by Crippen LogP contribution is 2.47. The second kappa shape index (κ2) is 7.05. The molecule has 1 aliphatic heterocycles. The van der Waals surface area contributed by atoms with Crippen LogP contribution in [-0.4, -0.2) is 27.9 Å². The van der Waals surface area contributed by atoms with Gasteiger partial charge < -0.3 is 14.0 Å². The molecule has 6 heteroatoms. The van der Waals surface area contributed by atoms with Gasteiger partial charge in [-0.15, -0.1) is 0 Å². The lowest BCUT2D eigenvalue weighted by Gasteiger charge is -2.37. The largest absolute Gasteiger partial charge is 0.481 e. The first-order valence-electron chi connectivity index (χ1n) is 9.29. The van der Waals surface area contributed by atoms with Gasteiger partial charge >= 0.3 is 5.97 Å². The lowest BCUT2D eigenvalue weighted by atomic mass is 9.89. The molecular weight excluding hydrogens is 392 g/mol. The molecule has 0 aliphatic carbocycles. The van der Waals surface area contributed by atoms with Crippen molar-refractivity contribution in [3.63, 3.8) is 0 Å². The van der Waals surface area contributed by atoms with Crippen molar-refractivity contribution in [1.29, 1.82) is 0 Å². The van der Waals surface area contributed by atoms with E-state index in [9.17, 15) is 9.90 Å². The zero-order valence-corrected chi connectivity index (χ0v) is 18.0. The molecular formula is C22H23ClN2O2S. The van der Waals surface area contributed by atoms with Gasteiger partial charge in [-0.05, 0) is 61.2 Å². The van der Waals surface area contributed by atoms with E-state index in [1.807, 2.05) is 24.3 Å². The van der Waals surface area contributed by atoms with Gasteiger partial charge in [0.05, 0.1) is 23.7 Å². The average Bonchev–Trinajstić information content (AvgIpc) is 2.96. The van der Waals surface area contributed by atoms with Crippen LogP contribution in [0.2, 0.25) is 5.02 Å². The first-order chi connectivity index (χ1) is 13.3. The molecule has 4 rings (SSSR count). The zero-order chi connectivity index (χ0) is 20.2. The smallest absolute Gasteiger partial charge is 0.307 e. The van der Waals surface area contributed by atoms with Gasteiger partial charge in [0, 0.05) is 28.9 Å². The molecule has 2 heterocycles. The first kappa shape index (κ1) is 19.2. The summed E-state index contributed by atoms with van der Waals surface area (Å²) in [6, 6.07) is 10.2. The predicted octanol–water partition coefficient (Wildman–Crippen LogP) is 5.69. The van der Waals surface area contributed by atoms with Gasteiger partial charge in [0.1, 0.15) is 0 Å². The topological polar surface area (TPSA) is 45.5 Å². The number of hydrogen-bond donors (Lipinski definition) is 1. The normalized spacial score (nSPS) is 16.0. The molecule has 28 heavy (non-hydrogen) atoms. The Bertz CT molecular complexity index is 1090. The number of aromatic nitrogens is 1. The van der Waals surface area contributed by atoms with Crippen molar-refractivity contribution in [2.75, 3.05) is 10.6 Å². The highest BCUT2D eigenvalue weighted by Gasteiger charge is 2.31. The van der Waals surface area contributed by atoms with E-state index in [1.165, 1.54) is 11.2 Å². The number of halogens is 1.